The zero-order valence-electron chi connectivity index (χ0n) is 11.2. The second kappa shape index (κ2) is 5.68. The van der Waals surface area contributed by atoms with E-state index in [0.717, 1.165) is 24.6 Å². The van der Waals surface area contributed by atoms with Gasteiger partial charge >= 0.3 is 0 Å². The molecule has 0 radical (unpaired) electrons. The van der Waals surface area contributed by atoms with E-state index in [9.17, 15) is 17.2 Å². The average Bonchev–Trinajstić information content (AvgIpc) is 2.76. The smallest absolute Gasteiger partial charge is 0.267 e. The first-order valence-electron chi connectivity index (χ1n) is 6.15. The Morgan fingerprint density at radius 2 is 1.95 bits per heavy atom. The molecule has 6 nitrogen and oxygen atoms in total. The maximum atomic E-state index is 13.5. The number of nitrogens with one attached hydrogen (secondary N) is 1. The van der Waals surface area contributed by atoms with Gasteiger partial charge in [0.1, 0.15) is 22.2 Å². The molecule has 0 saturated carbocycles. The van der Waals surface area contributed by atoms with E-state index in [1.165, 1.54) is 10.9 Å². The number of rotatable bonds is 5. The van der Waals surface area contributed by atoms with E-state index in [4.69, 9.17) is 5.73 Å². The third-order valence-electron chi connectivity index (χ3n) is 2.70. The fourth-order valence-corrected chi connectivity index (χ4v) is 2.90. The molecule has 0 spiro atoms. The van der Waals surface area contributed by atoms with Gasteiger partial charge in [-0.15, -0.1) is 0 Å². The number of para-hydroxylation sites is 1. The average molecular weight is 316 g/mol. The molecule has 1 aromatic heterocycles. The molecule has 0 bridgehead atoms. The molecule has 114 valence electrons. The Morgan fingerprint density at radius 1 is 1.33 bits per heavy atom. The number of halogens is 2. The van der Waals surface area contributed by atoms with Gasteiger partial charge in [0.05, 0.1) is 0 Å². The van der Waals surface area contributed by atoms with Gasteiger partial charge in [-0.3, -0.25) is 9.40 Å². The Morgan fingerprint density at radius 3 is 2.52 bits per heavy atom. The molecule has 9 heteroatoms. The van der Waals surface area contributed by atoms with Crippen LogP contribution in [0.3, 0.4) is 0 Å². The Bertz CT molecular complexity index is 738. The molecule has 0 aliphatic rings. The summed E-state index contributed by atoms with van der Waals surface area (Å²) in [5.41, 5.74) is 4.80. The highest BCUT2D eigenvalue weighted by molar-refractivity contribution is 7.92. The lowest BCUT2D eigenvalue weighted by atomic mass is 10.3. The Hall–Kier alpha value is -2.16. The zero-order valence-corrected chi connectivity index (χ0v) is 12.0. The van der Waals surface area contributed by atoms with E-state index < -0.39 is 27.3 Å². The molecule has 0 aliphatic carbocycles. The number of hydrogen-bond acceptors (Lipinski definition) is 4. The van der Waals surface area contributed by atoms with E-state index in [1.54, 1.807) is 0 Å². The molecule has 1 heterocycles. The van der Waals surface area contributed by atoms with Crippen molar-refractivity contribution in [1.82, 2.24) is 9.78 Å². The van der Waals surface area contributed by atoms with E-state index in [0.29, 0.717) is 6.54 Å². The summed E-state index contributed by atoms with van der Waals surface area (Å²) in [5.74, 6) is -2.26. The van der Waals surface area contributed by atoms with Crippen molar-refractivity contribution in [3.63, 3.8) is 0 Å². The topological polar surface area (TPSA) is 90.0 Å². The van der Waals surface area contributed by atoms with Gasteiger partial charge in [-0.2, -0.15) is 5.10 Å². The van der Waals surface area contributed by atoms with Gasteiger partial charge in [0.25, 0.3) is 10.0 Å². The summed E-state index contributed by atoms with van der Waals surface area (Å²) >= 11 is 0. The molecule has 2 rings (SSSR count). The maximum absolute atomic E-state index is 13.5. The van der Waals surface area contributed by atoms with Crippen molar-refractivity contribution < 1.29 is 17.2 Å². The van der Waals surface area contributed by atoms with Crippen LogP contribution < -0.4 is 10.5 Å². The van der Waals surface area contributed by atoms with Gasteiger partial charge < -0.3 is 5.73 Å². The van der Waals surface area contributed by atoms with Crippen molar-refractivity contribution in [2.45, 2.75) is 24.8 Å². The number of benzene rings is 1. The zero-order chi connectivity index (χ0) is 15.6. The van der Waals surface area contributed by atoms with Crippen LogP contribution in [0.25, 0.3) is 0 Å². The summed E-state index contributed by atoms with van der Waals surface area (Å²) in [5, 5.41) is 3.84. The molecule has 3 N–H and O–H groups in total. The molecule has 0 saturated heterocycles. The van der Waals surface area contributed by atoms with Crippen LogP contribution in [0.2, 0.25) is 0 Å². The third kappa shape index (κ3) is 3.13. The van der Waals surface area contributed by atoms with Gasteiger partial charge in [0.2, 0.25) is 0 Å². The monoisotopic (exact) mass is 316 g/mol. The van der Waals surface area contributed by atoms with Crippen molar-refractivity contribution in [3.8, 4) is 0 Å². The highest BCUT2D eigenvalue weighted by Gasteiger charge is 2.24. The third-order valence-corrected chi connectivity index (χ3v) is 4.06. The van der Waals surface area contributed by atoms with Crippen LogP contribution in [0.4, 0.5) is 20.3 Å². The quantitative estimate of drug-likeness (QED) is 0.882. The van der Waals surface area contributed by atoms with Crippen molar-refractivity contribution >= 4 is 21.5 Å². The Labute approximate surface area is 120 Å². The van der Waals surface area contributed by atoms with Gasteiger partial charge in [-0.1, -0.05) is 13.0 Å². The van der Waals surface area contributed by atoms with Crippen molar-refractivity contribution in [3.05, 3.63) is 36.0 Å². The van der Waals surface area contributed by atoms with Crippen molar-refractivity contribution in [2.24, 2.45) is 0 Å². The fraction of sp³-hybridized carbons (Fsp3) is 0.250. The minimum Gasteiger partial charge on any atom is -0.381 e. The number of anilines is 2. The van der Waals surface area contributed by atoms with Crippen LogP contribution in [0.5, 0.6) is 0 Å². The first kappa shape index (κ1) is 15.2. The summed E-state index contributed by atoms with van der Waals surface area (Å²) < 4.78 is 54.6. The highest BCUT2D eigenvalue weighted by atomic mass is 32.2. The van der Waals surface area contributed by atoms with Crippen LogP contribution in [0.1, 0.15) is 13.3 Å². The number of aryl methyl sites for hydroxylation is 1. The Balaban J connectivity index is 2.39. The number of aromatic nitrogens is 2. The van der Waals surface area contributed by atoms with Crippen LogP contribution in [-0.4, -0.2) is 18.2 Å². The maximum Gasteiger partial charge on any atom is 0.267 e. The van der Waals surface area contributed by atoms with Crippen molar-refractivity contribution in [1.29, 1.82) is 0 Å². The molecule has 1 aromatic carbocycles. The molecule has 0 unspecified atom stereocenters. The molecule has 21 heavy (non-hydrogen) atoms. The number of nitrogens with zero attached hydrogens (tertiary/aromatic N) is 2. The first-order valence-corrected chi connectivity index (χ1v) is 7.63. The van der Waals surface area contributed by atoms with E-state index in [-0.39, 0.29) is 10.7 Å². The molecule has 0 fully saturated rings. The van der Waals surface area contributed by atoms with Gasteiger partial charge in [-0.05, 0) is 18.6 Å². The van der Waals surface area contributed by atoms with Gasteiger partial charge in [-0.25, -0.2) is 17.2 Å². The molecule has 2 aromatic rings. The number of hydrogen-bond donors (Lipinski definition) is 2. The van der Waals surface area contributed by atoms with Gasteiger partial charge in [0.15, 0.2) is 5.82 Å². The summed E-state index contributed by atoms with van der Waals surface area (Å²) in [6, 6.07) is 3.03. The molecule has 0 atom stereocenters. The van der Waals surface area contributed by atoms with Crippen LogP contribution >= 0.6 is 0 Å². The Kier molecular flexibility index (Phi) is 4.12. The van der Waals surface area contributed by atoms with Gasteiger partial charge in [0, 0.05) is 12.7 Å². The minimum atomic E-state index is -4.22. The lowest BCUT2D eigenvalue weighted by Gasteiger charge is -2.08. The standard InChI is InChI=1S/C12H14F2N4O2S/c1-2-6-18-7-10(12(15)16-18)21(19,20)17-11-8(13)4-3-5-9(11)14/h3-5,7,17H,2,6H2,1H3,(H2,15,16). The number of nitrogens with two attached hydrogens (primary N) is 1. The summed E-state index contributed by atoms with van der Waals surface area (Å²) in [6.07, 6.45) is 1.95. The van der Waals surface area contributed by atoms with Crippen molar-refractivity contribution in [2.75, 3.05) is 10.5 Å². The lowest BCUT2D eigenvalue weighted by Crippen LogP contribution is -2.16. The summed E-state index contributed by atoms with van der Waals surface area (Å²) in [7, 11) is -4.22. The lowest BCUT2D eigenvalue weighted by molar-refractivity contribution is 0.582. The van der Waals surface area contributed by atoms with Crippen LogP contribution in [-0.2, 0) is 16.6 Å². The van der Waals surface area contributed by atoms with Crippen LogP contribution in [0.15, 0.2) is 29.3 Å². The number of nitrogen functional groups attached to an aromatic ring is 1. The number of sulfonamides is 1. The second-order valence-corrected chi connectivity index (χ2v) is 5.99. The SMILES string of the molecule is CCCn1cc(S(=O)(=O)Nc2c(F)cccc2F)c(N)n1. The van der Waals surface area contributed by atoms with Crippen LogP contribution in [0, 0.1) is 11.6 Å². The molecule has 0 aliphatic heterocycles. The highest BCUT2D eigenvalue weighted by Crippen LogP contribution is 2.24. The van der Waals surface area contributed by atoms with E-state index in [1.807, 2.05) is 11.6 Å². The predicted octanol–water partition coefficient (Wildman–Crippen LogP) is 1.95. The summed E-state index contributed by atoms with van der Waals surface area (Å²) in [4.78, 5) is -0.321. The van der Waals surface area contributed by atoms with E-state index >= 15 is 0 Å². The molecular weight excluding hydrogens is 302 g/mol. The van der Waals surface area contributed by atoms with E-state index in [2.05, 4.69) is 5.10 Å². The first-order chi connectivity index (χ1) is 9.85. The summed E-state index contributed by atoms with van der Waals surface area (Å²) in [6.45, 7) is 2.37. The second-order valence-electron chi connectivity index (χ2n) is 4.34. The predicted molar refractivity (Wildman–Crippen MR) is 74.1 cm³/mol. The fourth-order valence-electron chi connectivity index (χ4n) is 1.75. The molecular formula is C12H14F2N4O2S. The minimum absolute atomic E-state index is 0.229. The largest absolute Gasteiger partial charge is 0.381 e. The normalized spacial score (nSPS) is 11.6. The molecule has 0 amide bonds.